The molecule has 0 saturated carbocycles. The van der Waals surface area contributed by atoms with Gasteiger partial charge in [0.15, 0.2) is 5.82 Å². The van der Waals surface area contributed by atoms with Gasteiger partial charge in [0.1, 0.15) is 0 Å². The van der Waals surface area contributed by atoms with E-state index in [4.69, 9.17) is 4.52 Å². The van der Waals surface area contributed by atoms with E-state index < -0.39 is 0 Å². The molecule has 1 heterocycles. The Morgan fingerprint density at radius 3 is 2.72 bits per heavy atom. The number of aromatic nitrogens is 2. The van der Waals surface area contributed by atoms with Crippen molar-refractivity contribution in [3.63, 3.8) is 0 Å². The number of rotatable bonds is 4. The van der Waals surface area contributed by atoms with Crippen LogP contribution in [0, 0.1) is 13.8 Å². The molecule has 0 aliphatic carbocycles. The van der Waals surface area contributed by atoms with Gasteiger partial charge in [0.25, 0.3) is 0 Å². The van der Waals surface area contributed by atoms with E-state index in [9.17, 15) is 0 Å². The number of nitrogens with one attached hydrogen (secondary N) is 1. The lowest BCUT2D eigenvalue weighted by atomic mass is 10.1. The zero-order chi connectivity index (χ0) is 13.1. The predicted molar refractivity (Wildman–Crippen MR) is 71.6 cm³/mol. The molecule has 0 atom stereocenters. The molecule has 0 radical (unpaired) electrons. The molecule has 0 aliphatic heterocycles. The van der Waals surface area contributed by atoms with Crippen LogP contribution in [0.5, 0.6) is 0 Å². The summed E-state index contributed by atoms with van der Waals surface area (Å²) in [5, 5.41) is 7.29. The molecule has 1 aromatic heterocycles. The Labute approximate surface area is 107 Å². The second kappa shape index (κ2) is 5.21. The Balaban J connectivity index is 2.04. The molecule has 18 heavy (non-hydrogen) atoms. The topological polar surface area (TPSA) is 51.0 Å². The van der Waals surface area contributed by atoms with E-state index in [0.29, 0.717) is 18.3 Å². The van der Waals surface area contributed by atoms with Crippen LogP contribution in [0.4, 0.5) is 5.69 Å². The van der Waals surface area contributed by atoms with Crippen molar-refractivity contribution in [2.75, 3.05) is 5.32 Å². The molecule has 4 nitrogen and oxygen atoms in total. The highest BCUT2D eigenvalue weighted by atomic mass is 16.5. The van der Waals surface area contributed by atoms with E-state index in [1.807, 2.05) is 19.9 Å². The van der Waals surface area contributed by atoms with Gasteiger partial charge in [-0.15, -0.1) is 0 Å². The molecule has 1 N–H and O–H groups in total. The highest BCUT2D eigenvalue weighted by Gasteiger charge is 2.09. The van der Waals surface area contributed by atoms with Crippen LogP contribution in [-0.2, 0) is 6.54 Å². The Morgan fingerprint density at radius 1 is 1.28 bits per heavy atom. The van der Waals surface area contributed by atoms with Gasteiger partial charge in [-0.1, -0.05) is 31.1 Å². The van der Waals surface area contributed by atoms with Crippen molar-refractivity contribution in [1.82, 2.24) is 10.1 Å². The summed E-state index contributed by atoms with van der Waals surface area (Å²) < 4.78 is 5.17. The number of hydrogen-bond donors (Lipinski definition) is 1. The fraction of sp³-hybridized carbons (Fsp3) is 0.429. The van der Waals surface area contributed by atoms with E-state index >= 15 is 0 Å². The second-order valence-corrected chi connectivity index (χ2v) is 4.80. The summed E-state index contributed by atoms with van der Waals surface area (Å²) in [6.07, 6.45) is 0. The van der Waals surface area contributed by atoms with Crippen molar-refractivity contribution in [1.29, 1.82) is 0 Å². The zero-order valence-electron chi connectivity index (χ0n) is 11.3. The van der Waals surface area contributed by atoms with Gasteiger partial charge in [0, 0.05) is 11.6 Å². The maximum atomic E-state index is 5.17. The van der Waals surface area contributed by atoms with Crippen LogP contribution in [0.3, 0.4) is 0 Å². The largest absolute Gasteiger partial charge is 0.377 e. The average molecular weight is 245 g/mol. The monoisotopic (exact) mass is 245 g/mol. The molecule has 96 valence electrons. The van der Waals surface area contributed by atoms with Gasteiger partial charge in [0.05, 0.1) is 6.54 Å². The first-order chi connectivity index (χ1) is 8.58. The highest BCUT2D eigenvalue weighted by Crippen LogP contribution is 2.18. The van der Waals surface area contributed by atoms with Crippen molar-refractivity contribution in [3.05, 3.63) is 41.0 Å². The average Bonchev–Trinajstić information content (AvgIpc) is 2.80. The van der Waals surface area contributed by atoms with E-state index in [2.05, 4.69) is 41.4 Å². The van der Waals surface area contributed by atoms with Gasteiger partial charge in [-0.2, -0.15) is 4.98 Å². The van der Waals surface area contributed by atoms with Crippen LogP contribution >= 0.6 is 0 Å². The van der Waals surface area contributed by atoms with Gasteiger partial charge >= 0.3 is 0 Å². The Hall–Kier alpha value is -1.84. The summed E-state index contributed by atoms with van der Waals surface area (Å²) >= 11 is 0. The molecule has 4 heteroatoms. The van der Waals surface area contributed by atoms with Crippen molar-refractivity contribution in [2.45, 2.75) is 40.2 Å². The molecular formula is C14H19N3O. The molecule has 0 saturated heterocycles. The zero-order valence-corrected chi connectivity index (χ0v) is 11.3. The lowest BCUT2D eigenvalue weighted by Gasteiger charge is -2.09. The molecule has 2 rings (SSSR count). The summed E-state index contributed by atoms with van der Waals surface area (Å²) in [6, 6.07) is 6.21. The summed E-state index contributed by atoms with van der Waals surface area (Å²) in [5.74, 6) is 1.65. The number of aryl methyl sites for hydroxylation is 1. The minimum absolute atomic E-state index is 0.270. The van der Waals surface area contributed by atoms with Crippen LogP contribution in [0.25, 0.3) is 0 Å². The number of benzene rings is 1. The normalized spacial score (nSPS) is 10.9. The molecule has 0 bridgehead atoms. The van der Waals surface area contributed by atoms with Gasteiger partial charge in [-0.05, 0) is 31.0 Å². The summed E-state index contributed by atoms with van der Waals surface area (Å²) in [7, 11) is 0. The summed E-state index contributed by atoms with van der Waals surface area (Å²) in [5.41, 5.74) is 3.65. The van der Waals surface area contributed by atoms with Crippen LogP contribution in [0.2, 0.25) is 0 Å². The van der Waals surface area contributed by atoms with E-state index in [1.54, 1.807) is 0 Å². The van der Waals surface area contributed by atoms with Crippen LogP contribution in [-0.4, -0.2) is 10.1 Å². The molecular weight excluding hydrogens is 226 g/mol. The lowest BCUT2D eigenvalue weighted by Crippen LogP contribution is -2.03. The van der Waals surface area contributed by atoms with Crippen molar-refractivity contribution in [2.24, 2.45) is 0 Å². The maximum Gasteiger partial charge on any atom is 0.229 e. The minimum Gasteiger partial charge on any atom is -0.377 e. The van der Waals surface area contributed by atoms with Gasteiger partial charge < -0.3 is 9.84 Å². The van der Waals surface area contributed by atoms with Crippen molar-refractivity contribution < 1.29 is 4.52 Å². The van der Waals surface area contributed by atoms with E-state index in [1.165, 1.54) is 11.1 Å². The first-order valence-corrected chi connectivity index (χ1v) is 6.20. The molecule has 0 fully saturated rings. The maximum absolute atomic E-state index is 5.17. The lowest BCUT2D eigenvalue weighted by molar-refractivity contribution is 0.361. The Morgan fingerprint density at radius 2 is 2.06 bits per heavy atom. The van der Waals surface area contributed by atoms with Gasteiger partial charge in [0.2, 0.25) is 5.89 Å². The summed E-state index contributed by atoms with van der Waals surface area (Å²) in [4.78, 5) is 4.34. The molecule has 0 spiro atoms. The molecule has 1 aromatic carbocycles. The van der Waals surface area contributed by atoms with Crippen molar-refractivity contribution in [3.8, 4) is 0 Å². The Kier molecular flexibility index (Phi) is 3.65. The van der Waals surface area contributed by atoms with Crippen LogP contribution in [0.1, 0.15) is 42.6 Å². The first-order valence-electron chi connectivity index (χ1n) is 6.20. The fourth-order valence-electron chi connectivity index (χ4n) is 1.69. The third-order valence-corrected chi connectivity index (χ3v) is 3.02. The number of hydrogen-bond acceptors (Lipinski definition) is 4. The molecule has 0 unspecified atom stereocenters. The SMILES string of the molecule is Cc1cccc(NCc2noc(C(C)C)n2)c1C. The van der Waals surface area contributed by atoms with Gasteiger partial charge in [-0.3, -0.25) is 0 Å². The van der Waals surface area contributed by atoms with E-state index in [0.717, 1.165) is 5.69 Å². The number of anilines is 1. The number of nitrogens with zero attached hydrogens (tertiary/aromatic N) is 2. The smallest absolute Gasteiger partial charge is 0.229 e. The molecule has 0 aliphatic rings. The minimum atomic E-state index is 0.270. The predicted octanol–water partition coefficient (Wildman–Crippen LogP) is 3.42. The van der Waals surface area contributed by atoms with Crippen LogP contribution in [0.15, 0.2) is 22.7 Å². The third-order valence-electron chi connectivity index (χ3n) is 3.02. The van der Waals surface area contributed by atoms with Crippen LogP contribution < -0.4 is 5.32 Å². The summed E-state index contributed by atoms with van der Waals surface area (Å²) in [6.45, 7) is 8.87. The van der Waals surface area contributed by atoms with Crippen molar-refractivity contribution >= 4 is 5.69 Å². The van der Waals surface area contributed by atoms with E-state index in [-0.39, 0.29) is 5.92 Å². The standard InChI is InChI=1S/C14H19N3O/c1-9(2)14-16-13(17-18-14)8-15-12-7-5-6-10(3)11(12)4/h5-7,9,15H,8H2,1-4H3. The quantitative estimate of drug-likeness (QED) is 0.896. The highest BCUT2D eigenvalue weighted by molar-refractivity contribution is 5.53. The molecule has 2 aromatic rings. The Bertz CT molecular complexity index is 532. The van der Waals surface area contributed by atoms with Gasteiger partial charge in [-0.25, -0.2) is 0 Å². The first kappa shape index (κ1) is 12.6. The second-order valence-electron chi connectivity index (χ2n) is 4.80. The fourth-order valence-corrected chi connectivity index (χ4v) is 1.69. The third kappa shape index (κ3) is 2.70. The molecule has 0 amide bonds.